The molecule has 0 saturated carbocycles. The van der Waals surface area contributed by atoms with Crippen molar-refractivity contribution in [2.45, 2.75) is 83.7 Å². The zero-order valence-electron chi connectivity index (χ0n) is 29.5. The summed E-state index contributed by atoms with van der Waals surface area (Å²) < 4.78 is 4.35. The third-order valence-corrected chi connectivity index (χ3v) is 24.5. The summed E-state index contributed by atoms with van der Waals surface area (Å²) in [5, 5.41) is 0. The van der Waals surface area contributed by atoms with Crippen LogP contribution in [-0.2, 0) is 20.3 Å². The third kappa shape index (κ3) is 6.24. The molecule has 4 aromatic carbocycles. The maximum atomic E-state index is 2.69. The minimum absolute atomic E-state index is 0. The van der Waals surface area contributed by atoms with Crippen molar-refractivity contribution >= 4 is 12.2 Å². The van der Waals surface area contributed by atoms with Gasteiger partial charge >= 0.3 is 279 Å². The van der Waals surface area contributed by atoms with Crippen LogP contribution in [0, 0.1) is 39.5 Å². The molecular weight excluding hydrogens is 691 g/mol. The molecule has 0 bridgehead atoms. The smallest absolute Gasteiger partial charge is 1.00 e. The van der Waals surface area contributed by atoms with Gasteiger partial charge in [0.25, 0.3) is 0 Å². The van der Waals surface area contributed by atoms with Gasteiger partial charge < -0.3 is 24.8 Å². The second kappa shape index (κ2) is 14.0. The summed E-state index contributed by atoms with van der Waals surface area (Å²) in [6.07, 6.45) is 7.80. The molecule has 0 nitrogen and oxygen atoms in total. The minimum Gasteiger partial charge on any atom is -1.00 e. The number of hydrogen-bond acceptors (Lipinski definition) is 0. The van der Waals surface area contributed by atoms with E-state index < -0.39 is 20.3 Å². The van der Waals surface area contributed by atoms with E-state index in [1.807, 2.05) is 0 Å². The zero-order chi connectivity index (χ0) is 31.6. The minimum atomic E-state index is -2.84. The van der Waals surface area contributed by atoms with E-state index >= 15 is 0 Å². The van der Waals surface area contributed by atoms with Crippen molar-refractivity contribution in [3.05, 3.63) is 128 Å². The molecule has 3 heteroatoms. The maximum absolute atomic E-state index is 2.84. The van der Waals surface area contributed by atoms with Gasteiger partial charge in [-0.05, 0) is 0 Å². The second-order valence-corrected chi connectivity index (χ2v) is 26.2. The second-order valence-electron chi connectivity index (χ2n) is 14.9. The summed E-state index contributed by atoms with van der Waals surface area (Å²) >= 11 is -2.84. The van der Waals surface area contributed by atoms with E-state index in [4.69, 9.17) is 0 Å². The Kier molecular flexibility index (Phi) is 10.7. The van der Waals surface area contributed by atoms with Crippen LogP contribution in [0.15, 0.2) is 83.9 Å². The predicted molar refractivity (Wildman–Crippen MR) is 193 cm³/mol. The molecule has 0 spiro atoms. The molecule has 1 heterocycles. The molecule has 244 valence electrons. The Morgan fingerprint density at radius 2 is 0.936 bits per heavy atom. The fraction of sp³-hybridized carbons (Fsp3) is 0.364. The average molecular weight is 741 g/mol. The van der Waals surface area contributed by atoms with Gasteiger partial charge in [-0.1, -0.05) is 0 Å². The molecule has 0 amide bonds. The van der Waals surface area contributed by atoms with Crippen LogP contribution in [0.4, 0.5) is 0 Å². The largest absolute Gasteiger partial charge is 1.00 e. The summed E-state index contributed by atoms with van der Waals surface area (Å²) in [4.78, 5) is 0. The maximum Gasteiger partial charge on any atom is -1.00 e. The van der Waals surface area contributed by atoms with Crippen LogP contribution in [0.25, 0.3) is 34.4 Å². The molecule has 0 N–H and O–H groups in total. The summed E-state index contributed by atoms with van der Waals surface area (Å²) in [6, 6.07) is 28.8. The summed E-state index contributed by atoms with van der Waals surface area (Å²) in [5.41, 5.74) is 21.0. The Morgan fingerprint density at radius 1 is 0.574 bits per heavy atom. The molecule has 4 unspecified atom stereocenters. The van der Waals surface area contributed by atoms with Crippen LogP contribution in [0.5, 0.6) is 0 Å². The Hall–Kier alpha value is -2.18. The van der Waals surface area contributed by atoms with E-state index in [1.54, 1.807) is 22.3 Å². The van der Waals surface area contributed by atoms with Crippen LogP contribution in [0.2, 0.25) is 8.26 Å². The van der Waals surface area contributed by atoms with E-state index in [1.165, 1.54) is 76.7 Å². The van der Waals surface area contributed by atoms with Crippen molar-refractivity contribution in [3.8, 4) is 22.3 Å². The van der Waals surface area contributed by atoms with Gasteiger partial charge in [-0.2, -0.15) is 0 Å². The van der Waals surface area contributed by atoms with Crippen LogP contribution in [0.1, 0.15) is 92.3 Å². The average Bonchev–Trinajstić information content (AvgIpc) is 3.53. The van der Waals surface area contributed by atoms with Crippen molar-refractivity contribution in [1.29, 1.82) is 0 Å². The van der Waals surface area contributed by atoms with E-state index in [2.05, 4.69) is 140 Å². The Bertz CT molecular complexity index is 1700. The number of halogens is 2. The number of hydrogen-bond donors (Lipinski definition) is 0. The fourth-order valence-electron chi connectivity index (χ4n) is 9.11. The SMILES string of the molecule is CCC(C)C1=Cc2c(-c3cc(C)cc(C)c3)cccc2[CH]1[Zr+2]1([CH]2C(C(C)CC)=Cc3c(-c4cc(C)cc(C)c4)cccc32)[CH2][CH2]1.[Cl-].[Cl-]. The van der Waals surface area contributed by atoms with Gasteiger partial charge in [-0.25, -0.2) is 0 Å². The topological polar surface area (TPSA) is 0 Å². The van der Waals surface area contributed by atoms with Gasteiger partial charge in [0.05, 0.1) is 0 Å². The molecule has 0 aromatic heterocycles. The molecule has 1 saturated heterocycles. The first-order chi connectivity index (χ1) is 21.6. The van der Waals surface area contributed by atoms with E-state index in [0.29, 0.717) is 19.1 Å². The third-order valence-electron chi connectivity index (χ3n) is 11.6. The summed E-state index contributed by atoms with van der Waals surface area (Å²) in [7, 11) is 0. The van der Waals surface area contributed by atoms with Gasteiger partial charge in [0.1, 0.15) is 0 Å². The van der Waals surface area contributed by atoms with Gasteiger partial charge in [0.15, 0.2) is 0 Å². The van der Waals surface area contributed by atoms with Crippen LogP contribution >= 0.6 is 0 Å². The Balaban J connectivity index is 0.00000217. The standard InChI is InChI=1S/2C21H23.C2H4.2ClH.Zr/c2*1-5-16(4)18-12-17-7-6-8-20(21(17)13-18)19-10-14(2)9-15(3)11-19;1-2;;;/h2*6-13,16H,5H2,1-4H3;1-2H2;2*1H;/q;;;;;+2/p-2. The molecule has 1 aliphatic heterocycles. The van der Waals surface area contributed by atoms with Gasteiger partial charge in [0, 0.05) is 0 Å². The van der Waals surface area contributed by atoms with Crippen LogP contribution in [0.3, 0.4) is 0 Å². The number of allylic oxidation sites excluding steroid dienone is 2. The number of benzene rings is 4. The van der Waals surface area contributed by atoms with E-state index in [9.17, 15) is 0 Å². The van der Waals surface area contributed by atoms with Crippen molar-refractivity contribution in [2.24, 2.45) is 11.8 Å². The van der Waals surface area contributed by atoms with E-state index in [-0.39, 0.29) is 24.8 Å². The Morgan fingerprint density at radius 3 is 1.26 bits per heavy atom. The molecule has 7 rings (SSSR count). The molecule has 0 radical (unpaired) electrons. The molecular formula is C44H50Cl2Zr. The summed E-state index contributed by atoms with van der Waals surface area (Å²) in [5.74, 6) is 1.23. The first-order valence-electron chi connectivity index (χ1n) is 17.5. The van der Waals surface area contributed by atoms with Crippen molar-refractivity contribution in [2.75, 3.05) is 0 Å². The molecule has 2 aliphatic carbocycles. The number of rotatable bonds is 8. The first kappa shape index (κ1) is 36.1. The predicted octanol–water partition coefficient (Wildman–Crippen LogP) is 6.93. The molecule has 3 aliphatic rings. The molecule has 1 fully saturated rings. The van der Waals surface area contributed by atoms with Crippen molar-refractivity contribution in [1.82, 2.24) is 0 Å². The fourth-order valence-corrected chi connectivity index (χ4v) is 27.0. The Labute approximate surface area is 301 Å². The van der Waals surface area contributed by atoms with E-state index in [0.717, 1.165) is 0 Å². The molecule has 4 atom stereocenters. The zero-order valence-corrected chi connectivity index (χ0v) is 33.4. The van der Waals surface area contributed by atoms with Gasteiger partial charge in [-0.15, -0.1) is 0 Å². The van der Waals surface area contributed by atoms with Crippen molar-refractivity contribution < 1.29 is 45.1 Å². The van der Waals surface area contributed by atoms with Crippen LogP contribution < -0.4 is 24.8 Å². The monoisotopic (exact) mass is 738 g/mol. The normalized spacial score (nSPS) is 19.1. The van der Waals surface area contributed by atoms with Crippen LogP contribution in [-0.4, -0.2) is 0 Å². The quantitative estimate of drug-likeness (QED) is 0.184. The number of fused-ring (bicyclic) bond motifs is 2. The first-order valence-corrected chi connectivity index (χ1v) is 23.8. The molecule has 4 aromatic rings. The van der Waals surface area contributed by atoms with Gasteiger partial charge in [0.2, 0.25) is 0 Å². The van der Waals surface area contributed by atoms with Gasteiger partial charge in [-0.3, -0.25) is 0 Å². The van der Waals surface area contributed by atoms with Crippen molar-refractivity contribution in [3.63, 3.8) is 0 Å². The number of aryl methyl sites for hydroxylation is 4. The summed E-state index contributed by atoms with van der Waals surface area (Å²) in [6.45, 7) is 18.8. The molecule has 47 heavy (non-hydrogen) atoms.